The van der Waals surface area contributed by atoms with Crippen LogP contribution in [0, 0.1) is 5.92 Å². The predicted octanol–water partition coefficient (Wildman–Crippen LogP) is 1.14. The minimum Gasteiger partial charge on any atom is -0.315 e. The van der Waals surface area contributed by atoms with Gasteiger partial charge in [-0.3, -0.25) is 0 Å². The molecule has 2 bridgehead atoms. The van der Waals surface area contributed by atoms with E-state index < -0.39 is 0 Å². The molecule has 0 aromatic rings. The third-order valence-electron chi connectivity index (χ3n) is 2.89. The van der Waals surface area contributed by atoms with Crippen LogP contribution in [-0.2, 0) is 0 Å². The summed E-state index contributed by atoms with van der Waals surface area (Å²) in [6.45, 7) is 3.78. The zero-order chi connectivity index (χ0) is 6.97. The average molecular weight is 213 g/mol. The van der Waals surface area contributed by atoms with E-state index in [-0.39, 0.29) is 24.8 Å². The molecule has 0 aromatic carbocycles. The van der Waals surface area contributed by atoms with Crippen LogP contribution in [0.5, 0.6) is 0 Å². The Morgan fingerprint density at radius 2 is 1.92 bits per heavy atom. The fourth-order valence-electron chi connectivity index (χ4n) is 2.17. The summed E-state index contributed by atoms with van der Waals surface area (Å²) in [6, 6.07) is 0.832. The van der Waals surface area contributed by atoms with Crippen molar-refractivity contribution in [3.05, 3.63) is 0 Å². The van der Waals surface area contributed by atoms with Gasteiger partial charge < -0.3 is 10.2 Å². The van der Waals surface area contributed by atoms with Gasteiger partial charge in [-0.05, 0) is 32.4 Å². The molecule has 3 fully saturated rings. The molecule has 3 aliphatic rings. The quantitative estimate of drug-likeness (QED) is 0.649. The van der Waals surface area contributed by atoms with E-state index in [2.05, 4.69) is 17.3 Å². The lowest BCUT2D eigenvalue weighted by Crippen LogP contribution is -2.40. The van der Waals surface area contributed by atoms with Gasteiger partial charge in [-0.15, -0.1) is 24.8 Å². The molecule has 2 atom stereocenters. The second-order valence-corrected chi connectivity index (χ2v) is 3.70. The Bertz CT molecular complexity index is 128. The molecule has 3 saturated heterocycles. The summed E-state index contributed by atoms with van der Waals surface area (Å²) in [6.07, 6.45) is 2.86. The van der Waals surface area contributed by atoms with Gasteiger partial charge in [0.05, 0.1) is 0 Å². The van der Waals surface area contributed by atoms with Gasteiger partial charge in [-0.2, -0.15) is 0 Å². The van der Waals surface area contributed by atoms with Gasteiger partial charge in [0.1, 0.15) is 0 Å². The topological polar surface area (TPSA) is 15.3 Å². The lowest BCUT2D eigenvalue weighted by atomic mass is 9.96. The zero-order valence-electron chi connectivity index (χ0n) is 7.45. The number of rotatable bonds is 0. The highest BCUT2D eigenvalue weighted by Crippen LogP contribution is 2.22. The summed E-state index contributed by atoms with van der Waals surface area (Å²) < 4.78 is 0. The molecule has 3 heterocycles. The van der Waals surface area contributed by atoms with Gasteiger partial charge >= 0.3 is 0 Å². The Labute approximate surface area is 86.9 Å². The van der Waals surface area contributed by atoms with Gasteiger partial charge in [0.15, 0.2) is 0 Å². The fourth-order valence-corrected chi connectivity index (χ4v) is 2.17. The molecule has 0 unspecified atom stereocenters. The normalized spacial score (nSPS) is 34.8. The Balaban J connectivity index is 0.000000605. The Kier molecular flexibility index (Phi) is 5.50. The van der Waals surface area contributed by atoms with Crippen molar-refractivity contribution in [1.82, 2.24) is 10.2 Å². The largest absolute Gasteiger partial charge is 0.315 e. The van der Waals surface area contributed by atoms with E-state index >= 15 is 0 Å². The van der Waals surface area contributed by atoms with Gasteiger partial charge in [-0.25, -0.2) is 0 Å². The second kappa shape index (κ2) is 5.28. The second-order valence-electron chi connectivity index (χ2n) is 3.70. The summed E-state index contributed by atoms with van der Waals surface area (Å²) in [4.78, 5) is 2.51. The third-order valence-corrected chi connectivity index (χ3v) is 2.89. The molecule has 0 aromatic heterocycles. The third kappa shape index (κ3) is 2.49. The maximum atomic E-state index is 3.50. The first-order valence-corrected chi connectivity index (χ1v) is 4.27. The number of fused-ring (bicyclic) bond motifs is 4. The first kappa shape index (κ1) is 12.5. The van der Waals surface area contributed by atoms with Crippen molar-refractivity contribution in [2.45, 2.75) is 18.9 Å². The number of hydrogen-bond donors (Lipinski definition) is 1. The fraction of sp³-hybridized carbons (Fsp3) is 1.00. The Morgan fingerprint density at radius 1 is 1.17 bits per heavy atom. The van der Waals surface area contributed by atoms with Gasteiger partial charge in [0.25, 0.3) is 0 Å². The maximum absolute atomic E-state index is 3.50. The van der Waals surface area contributed by atoms with Crippen molar-refractivity contribution in [2.75, 3.05) is 26.7 Å². The summed E-state index contributed by atoms with van der Waals surface area (Å²) in [5, 5.41) is 3.50. The van der Waals surface area contributed by atoms with Gasteiger partial charge in [0, 0.05) is 19.1 Å². The molecule has 0 spiro atoms. The number of hydrogen-bond acceptors (Lipinski definition) is 2. The van der Waals surface area contributed by atoms with E-state index in [1.165, 1.54) is 32.5 Å². The van der Waals surface area contributed by atoms with E-state index in [0.717, 1.165) is 12.0 Å². The number of nitrogens with one attached hydrogen (secondary N) is 1. The van der Waals surface area contributed by atoms with Gasteiger partial charge in [0.2, 0.25) is 0 Å². The number of likely N-dealkylation sites (N-methyl/N-ethyl adjacent to an activating group) is 1. The highest BCUT2D eigenvalue weighted by atomic mass is 35.5. The highest BCUT2D eigenvalue weighted by Gasteiger charge is 2.28. The van der Waals surface area contributed by atoms with Crippen LogP contribution in [-0.4, -0.2) is 37.6 Å². The van der Waals surface area contributed by atoms with Gasteiger partial charge in [-0.1, -0.05) is 0 Å². The molecular weight excluding hydrogens is 195 g/mol. The van der Waals surface area contributed by atoms with Crippen molar-refractivity contribution < 1.29 is 0 Å². The predicted molar refractivity (Wildman–Crippen MR) is 56.5 cm³/mol. The van der Waals surface area contributed by atoms with Crippen LogP contribution < -0.4 is 5.32 Å². The van der Waals surface area contributed by atoms with Crippen molar-refractivity contribution in [3.8, 4) is 0 Å². The molecule has 74 valence electrons. The molecule has 0 saturated carbocycles. The molecule has 0 radical (unpaired) electrons. The molecular formula is C8H18Cl2N2. The van der Waals surface area contributed by atoms with Crippen LogP contribution in [0.1, 0.15) is 12.8 Å². The van der Waals surface area contributed by atoms with E-state index in [1.54, 1.807) is 0 Å². The number of piperidine rings is 1. The smallest absolute Gasteiger partial charge is 0.0217 e. The highest BCUT2D eigenvalue weighted by molar-refractivity contribution is 5.85. The van der Waals surface area contributed by atoms with Crippen molar-refractivity contribution >= 4 is 24.8 Å². The SMILES string of the molecule is CN1C[C@@H]2CC[C@H]1CNC2.Cl.Cl. The minimum absolute atomic E-state index is 0. The molecule has 3 rings (SSSR count). The molecule has 3 aliphatic heterocycles. The average Bonchev–Trinajstić information content (AvgIpc) is 2.20. The first-order chi connectivity index (χ1) is 4.86. The molecule has 0 aliphatic carbocycles. The minimum atomic E-state index is 0. The van der Waals surface area contributed by atoms with Crippen LogP contribution in [0.4, 0.5) is 0 Å². The first-order valence-electron chi connectivity index (χ1n) is 4.27. The lowest BCUT2D eigenvalue weighted by molar-refractivity contribution is 0.168. The summed E-state index contributed by atoms with van der Waals surface area (Å²) in [5.74, 6) is 0.934. The van der Waals surface area contributed by atoms with E-state index in [1.807, 2.05) is 0 Å². The maximum Gasteiger partial charge on any atom is 0.0217 e. The van der Waals surface area contributed by atoms with Crippen molar-refractivity contribution in [1.29, 1.82) is 0 Å². The van der Waals surface area contributed by atoms with E-state index in [9.17, 15) is 0 Å². The standard InChI is InChI=1S/C8H16N2.2ClH/c1-10-6-7-2-3-8(10)5-9-4-7;;/h7-9H,2-6H2,1H3;2*1H/t7-,8+;;/m1../s1. The number of nitrogens with zero attached hydrogens (tertiary/aromatic N) is 1. The lowest BCUT2D eigenvalue weighted by Gasteiger charge is -2.32. The Hall–Kier alpha value is 0.500. The number of halogens is 2. The molecule has 12 heavy (non-hydrogen) atoms. The van der Waals surface area contributed by atoms with E-state index in [0.29, 0.717) is 0 Å². The van der Waals surface area contributed by atoms with Crippen LogP contribution in [0.25, 0.3) is 0 Å². The van der Waals surface area contributed by atoms with Crippen LogP contribution >= 0.6 is 24.8 Å². The Morgan fingerprint density at radius 3 is 2.58 bits per heavy atom. The summed E-state index contributed by atoms with van der Waals surface area (Å²) in [5.41, 5.74) is 0. The van der Waals surface area contributed by atoms with Crippen LogP contribution in [0.2, 0.25) is 0 Å². The summed E-state index contributed by atoms with van der Waals surface area (Å²) >= 11 is 0. The molecule has 2 nitrogen and oxygen atoms in total. The monoisotopic (exact) mass is 212 g/mol. The van der Waals surface area contributed by atoms with Crippen LogP contribution in [0.3, 0.4) is 0 Å². The van der Waals surface area contributed by atoms with Crippen molar-refractivity contribution in [2.24, 2.45) is 5.92 Å². The molecule has 4 heteroatoms. The zero-order valence-corrected chi connectivity index (χ0v) is 9.09. The van der Waals surface area contributed by atoms with E-state index in [4.69, 9.17) is 0 Å². The summed E-state index contributed by atoms with van der Waals surface area (Å²) in [7, 11) is 2.25. The molecule has 0 amide bonds. The van der Waals surface area contributed by atoms with Crippen molar-refractivity contribution in [3.63, 3.8) is 0 Å². The molecule has 1 N–H and O–H groups in total. The van der Waals surface area contributed by atoms with Crippen LogP contribution in [0.15, 0.2) is 0 Å².